The third kappa shape index (κ3) is 4.12. The summed E-state index contributed by atoms with van der Waals surface area (Å²) in [6.07, 6.45) is 1.01. The Labute approximate surface area is 125 Å². The Hall–Kier alpha value is -1.26. The quantitative estimate of drug-likeness (QED) is 0.787. The summed E-state index contributed by atoms with van der Waals surface area (Å²) in [6.45, 7) is 2.37. The summed E-state index contributed by atoms with van der Waals surface area (Å²) in [4.78, 5) is 13.0. The molecule has 1 rings (SSSR count). The minimum Gasteiger partial charge on any atom is -0.497 e. The van der Waals surface area contributed by atoms with Gasteiger partial charge in [-0.25, -0.2) is 0 Å². The Bertz CT molecular complexity index is 452. The van der Waals surface area contributed by atoms with Crippen LogP contribution in [0.2, 0.25) is 0 Å². The molecule has 1 aromatic rings. The molecular formula is C15H22ClNO3. The van der Waals surface area contributed by atoms with Crippen molar-refractivity contribution in [3.63, 3.8) is 0 Å². The van der Waals surface area contributed by atoms with E-state index >= 15 is 0 Å². The smallest absolute Gasteiger partial charge is 0.237 e. The standard InChI is InChI=1S/C15H22ClNO3/c1-4-15(19,8-9-17(2)14(18)11-16)12-6-5-7-13(10-12)20-3/h5-7,10,19H,4,8-9,11H2,1-3H3. The molecule has 1 atom stereocenters. The van der Waals surface area contributed by atoms with Gasteiger partial charge in [-0.3, -0.25) is 4.79 Å². The first-order valence-corrected chi connectivity index (χ1v) is 7.17. The van der Waals surface area contributed by atoms with Crippen molar-refractivity contribution in [3.8, 4) is 5.75 Å². The Balaban J connectivity index is 2.82. The van der Waals surface area contributed by atoms with Crippen LogP contribution in [0.4, 0.5) is 0 Å². The SMILES string of the molecule is CCC(O)(CCN(C)C(=O)CCl)c1cccc(OC)c1. The first kappa shape index (κ1) is 16.8. The number of aliphatic hydroxyl groups is 1. The lowest BCUT2D eigenvalue weighted by molar-refractivity contribution is -0.127. The van der Waals surface area contributed by atoms with Gasteiger partial charge in [0.25, 0.3) is 0 Å². The monoisotopic (exact) mass is 299 g/mol. The highest BCUT2D eigenvalue weighted by atomic mass is 35.5. The molecule has 0 saturated heterocycles. The maximum Gasteiger partial charge on any atom is 0.237 e. The zero-order chi connectivity index (χ0) is 15.2. The zero-order valence-corrected chi connectivity index (χ0v) is 13.0. The van der Waals surface area contributed by atoms with Crippen LogP contribution < -0.4 is 4.74 Å². The molecule has 1 unspecified atom stereocenters. The van der Waals surface area contributed by atoms with E-state index in [1.54, 1.807) is 14.2 Å². The minimum atomic E-state index is -0.977. The zero-order valence-electron chi connectivity index (χ0n) is 12.2. The normalized spacial score (nSPS) is 13.7. The Morgan fingerprint density at radius 1 is 1.50 bits per heavy atom. The Kier molecular flexibility index (Phi) is 6.30. The summed E-state index contributed by atoms with van der Waals surface area (Å²) in [7, 11) is 3.28. The number of ether oxygens (including phenoxy) is 1. The molecule has 4 nitrogen and oxygen atoms in total. The van der Waals surface area contributed by atoms with E-state index in [4.69, 9.17) is 16.3 Å². The predicted octanol–water partition coefficient (Wildman–Crippen LogP) is 2.38. The lowest BCUT2D eigenvalue weighted by Gasteiger charge is -2.30. The van der Waals surface area contributed by atoms with Gasteiger partial charge in [-0.1, -0.05) is 19.1 Å². The number of hydrogen-bond acceptors (Lipinski definition) is 3. The number of nitrogens with zero attached hydrogens (tertiary/aromatic N) is 1. The van der Waals surface area contributed by atoms with Crippen molar-refractivity contribution in [2.45, 2.75) is 25.4 Å². The molecule has 0 saturated carbocycles. The molecule has 0 spiro atoms. The van der Waals surface area contributed by atoms with E-state index in [1.807, 2.05) is 31.2 Å². The van der Waals surface area contributed by atoms with Gasteiger partial charge in [0.1, 0.15) is 11.6 Å². The number of halogens is 1. The van der Waals surface area contributed by atoms with E-state index in [0.717, 1.165) is 5.56 Å². The third-order valence-electron chi connectivity index (χ3n) is 3.59. The predicted molar refractivity (Wildman–Crippen MR) is 80.2 cm³/mol. The van der Waals surface area contributed by atoms with Crippen LogP contribution in [0.15, 0.2) is 24.3 Å². The molecular weight excluding hydrogens is 278 g/mol. The van der Waals surface area contributed by atoms with Crippen molar-refractivity contribution in [1.82, 2.24) is 4.90 Å². The molecule has 0 bridgehead atoms. The van der Waals surface area contributed by atoms with Crippen molar-refractivity contribution in [3.05, 3.63) is 29.8 Å². The molecule has 1 aromatic carbocycles. The highest BCUT2D eigenvalue weighted by Crippen LogP contribution is 2.31. The molecule has 0 aliphatic heterocycles. The van der Waals surface area contributed by atoms with Crippen LogP contribution in [-0.2, 0) is 10.4 Å². The molecule has 1 N–H and O–H groups in total. The summed E-state index contributed by atoms with van der Waals surface area (Å²) < 4.78 is 5.18. The average Bonchev–Trinajstić information content (AvgIpc) is 2.51. The van der Waals surface area contributed by atoms with E-state index in [2.05, 4.69) is 0 Å². The molecule has 0 radical (unpaired) electrons. The van der Waals surface area contributed by atoms with E-state index in [0.29, 0.717) is 25.1 Å². The number of hydrogen-bond donors (Lipinski definition) is 1. The van der Waals surface area contributed by atoms with Gasteiger partial charge in [0.15, 0.2) is 0 Å². The number of rotatable bonds is 7. The fraction of sp³-hybridized carbons (Fsp3) is 0.533. The molecule has 112 valence electrons. The van der Waals surface area contributed by atoms with Crippen molar-refractivity contribution in [2.75, 3.05) is 26.6 Å². The summed E-state index contributed by atoms with van der Waals surface area (Å²) >= 11 is 5.52. The summed E-state index contributed by atoms with van der Waals surface area (Å²) in [5.74, 6) is 0.524. The molecule has 0 aromatic heterocycles. The number of carbonyl (C=O) groups is 1. The number of amides is 1. The molecule has 1 amide bonds. The van der Waals surface area contributed by atoms with Gasteiger partial charge in [-0.05, 0) is 30.5 Å². The van der Waals surface area contributed by atoms with Crippen LogP contribution in [0.5, 0.6) is 5.75 Å². The molecule has 0 aliphatic rings. The number of alkyl halides is 1. The van der Waals surface area contributed by atoms with Crippen LogP contribution in [0.1, 0.15) is 25.3 Å². The van der Waals surface area contributed by atoms with Gasteiger partial charge in [-0.2, -0.15) is 0 Å². The fourth-order valence-corrected chi connectivity index (χ4v) is 2.22. The van der Waals surface area contributed by atoms with E-state index in [9.17, 15) is 9.90 Å². The van der Waals surface area contributed by atoms with Gasteiger partial charge in [0, 0.05) is 13.6 Å². The van der Waals surface area contributed by atoms with Crippen molar-refractivity contribution in [2.24, 2.45) is 0 Å². The highest BCUT2D eigenvalue weighted by Gasteiger charge is 2.28. The van der Waals surface area contributed by atoms with Crippen LogP contribution in [0.3, 0.4) is 0 Å². The largest absolute Gasteiger partial charge is 0.497 e. The van der Waals surface area contributed by atoms with Gasteiger partial charge in [0.2, 0.25) is 5.91 Å². The van der Waals surface area contributed by atoms with E-state index in [-0.39, 0.29) is 11.8 Å². The van der Waals surface area contributed by atoms with E-state index < -0.39 is 5.60 Å². The van der Waals surface area contributed by atoms with Crippen LogP contribution in [-0.4, -0.2) is 42.5 Å². The van der Waals surface area contributed by atoms with Crippen LogP contribution in [0, 0.1) is 0 Å². The molecule has 0 heterocycles. The van der Waals surface area contributed by atoms with Crippen molar-refractivity contribution >= 4 is 17.5 Å². The minimum absolute atomic E-state index is 0.0415. The van der Waals surface area contributed by atoms with Gasteiger partial charge in [0.05, 0.1) is 12.7 Å². The third-order valence-corrected chi connectivity index (χ3v) is 3.82. The first-order valence-electron chi connectivity index (χ1n) is 6.63. The molecule has 0 fully saturated rings. The van der Waals surface area contributed by atoms with Gasteiger partial charge < -0.3 is 14.7 Å². The van der Waals surface area contributed by atoms with Crippen LogP contribution in [0.25, 0.3) is 0 Å². The number of benzene rings is 1. The summed E-state index contributed by atoms with van der Waals surface area (Å²) in [5.41, 5.74) is -0.180. The van der Waals surface area contributed by atoms with Crippen LogP contribution >= 0.6 is 11.6 Å². The summed E-state index contributed by atoms with van der Waals surface area (Å²) in [5, 5.41) is 10.8. The number of methoxy groups -OCH3 is 1. The lowest BCUT2D eigenvalue weighted by atomic mass is 9.87. The molecule has 0 aliphatic carbocycles. The lowest BCUT2D eigenvalue weighted by Crippen LogP contribution is -2.35. The second-order valence-corrected chi connectivity index (χ2v) is 5.08. The summed E-state index contributed by atoms with van der Waals surface area (Å²) in [6, 6.07) is 7.38. The Morgan fingerprint density at radius 2 is 2.20 bits per heavy atom. The Morgan fingerprint density at radius 3 is 2.75 bits per heavy atom. The second kappa shape index (κ2) is 7.50. The highest BCUT2D eigenvalue weighted by molar-refractivity contribution is 6.27. The maximum atomic E-state index is 11.4. The van der Waals surface area contributed by atoms with E-state index in [1.165, 1.54) is 4.90 Å². The number of carbonyl (C=O) groups excluding carboxylic acids is 1. The molecule has 20 heavy (non-hydrogen) atoms. The van der Waals surface area contributed by atoms with Gasteiger partial charge in [-0.15, -0.1) is 11.6 Å². The topological polar surface area (TPSA) is 49.8 Å². The average molecular weight is 300 g/mol. The fourth-order valence-electron chi connectivity index (χ4n) is 2.02. The molecule has 5 heteroatoms. The maximum absolute atomic E-state index is 11.4. The van der Waals surface area contributed by atoms with Gasteiger partial charge >= 0.3 is 0 Å². The van der Waals surface area contributed by atoms with Crippen molar-refractivity contribution < 1.29 is 14.6 Å². The first-order chi connectivity index (χ1) is 9.46. The van der Waals surface area contributed by atoms with Crippen molar-refractivity contribution in [1.29, 1.82) is 0 Å². The second-order valence-electron chi connectivity index (χ2n) is 4.82.